The third-order valence-corrected chi connectivity index (χ3v) is 6.45. The third kappa shape index (κ3) is 4.84. The lowest BCUT2D eigenvalue weighted by Gasteiger charge is -2.26. The summed E-state index contributed by atoms with van der Waals surface area (Å²) in [6, 6.07) is 7.14. The molecule has 0 amide bonds. The number of unbranched alkanes of at least 4 members (excludes halogenated alkanes) is 2. The van der Waals surface area contributed by atoms with Gasteiger partial charge >= 0.3 is 0 Å². The van der Waals surface area contributed by atoms with Crippen LogP contribution in [0.5, 0.6) is 0 Å². The van der Waals surface area contributed by atoms with Crippen molar-refractivity contribution < 1.29 is 9.84 Å². The molecule has 0 aliphatic heterocycles. The molecule has 0 unspecified atom stereocenters. The molecule has 0 aromatic heterocycles. The quantitative estimate of drug-likeness (QED) is 0.701. The molecule has 0 bridgehead atoms. The molecule has 0 saturated heterocycles. The van der Waals surface area contributed by atoms with E-state index < -0.39 is 0 Å². The van der Waals surface area contributed by atoms with Crippen LogP contribution in [-0.4, -0.2) is 31.0 Å². The predicted octanol–water partition coefficient (Wildman–Crippen LogP) is 3.96. The number of aliphatic hydroxyl groups is 1. The summed E-state index contributed by atoms with van der Waals surface area (Å²) in [6.45, 7) is 1.01. The summed E-state index contributed by atoms with van der Waals surface area (Å²) in [5.41, 5.74) is 10.5. The van der Waals surface area contributed by atoms with Crippen molar-refractivity contribution in [3.63, 3.8) is 0 Å². The Kier molecular flexibility index (Phi) is 6.54. The molecule has 3 rings (SSSR count). The standard InChI is InChI=1S/C22H35NO2/c1-25-12-4-2-3-5-17-6-7-19-14-20(9-8-18(19)13-17)21-10-11-22(23,15-21)16-24/h8-9,14,17,21,24H,2-7,10-13,15-16,23H2,1H3/t17-,21+,22-/m0/s1. The van der Waals surface area contributed by atoms with Gasteiger partial charge in [-0.05, 0) is 73.5 Å². The highest BCUT2D eigenvalue weighted by Crippen LogP contribution is 2.40. The highest BCUT2D eigenvalue weighted by atomic mass is 16.5. The topological polar surface area (TPSA) is 55.5 Å². The second-order valence-corrected chi connectivity index (χ2v) is 8.44. The molecule has 1 aromatic carbocycles. The van der Waals surface area contributed by atoms with E-state index in [-0.39, 0.29) is 12.1 Å². The first-order valence-corrected chi connectivity index (χ1v) is 10.1. The molecule has 1 aromatic rings. The van der Waals surface area contributed by atoms with Crippen molar-refractivity contribution in [3.05, 3.63) is 34.9 Å². The number of methoxy groups -OCH3 is 1. The smallest absolute Gasteiger partial charge is 0.0611 e. The molecule has 25 heavy (non-hydrogen) atoms. The van der Waals surface area contributed by atoms with E-state index in [1.807, 2.05) is 0 Å². The highest BCUT2D eigenvalue weighted by Gasteiger charge is 2.36. The van der Waals surface area contributed by atoms with Gasteiger partial charge in [0.25, 0.3) is 0 Å². The van der Waals surface area contributed by atoms with Crippen LogP contribution in [0.2, 0.25) is 0 Å². The van der Waals surface area contributed by atoms with E-state index in [1.165, 1.54) is 50.5 Å². The number of fused-ring (bicyclic) bond motifs is 1. The van der Waals surface area contributed by atoms with Crippen molar-refractivity contribution in [1.82, 2.24) is 0 Å². The van der Waals surface area contributed by atoms with Crippen molar-refractivity contribution >= 4 is 0 Å². The fourth-order valence-corrected chi connectivity index (χ4v) is 4.79. The van der Waals surface area contributed by atoms with E-state index >= 15 is 0 Å². The zero-order chi connectivity index (χ0) is 17.7. The molecule has 3 nitrogen and oxygen atoms in total. The molecule has 0 spiro atoms. The zero-order valence-electron chi connectivity index (χ0n) is 15.8. The number of rotatable bonds is 8. The minimum absolute atomic E-state index is 0.112. The zero-order valence-corrected chi connectivity index (χ0v) is 15.8. The molecule has 1 saturated carbocycles. The van der Waals surface area contributed by atoms with E-state index in [2.05, 4.69) is 18.2 Å². The number of aliphatic hydroxyl groups excluding tert-OH is 1. The van der Waals surface area contributed by atoms with Crippen LogP contribution >= 0.6 is 0 Å². The largest absolute Gasteiger partial charge is 0.394 e. The van der Waals surface area contributed by atoms with Gasteiger partial charge in [-0.1, -0.05) is 37.5 Å². The van der Waals surface area contributed by atoms with Gasteiger partial charge in [0.2, 0.25) is 0 Å². The summed E-state index contributed by atoms with van der Waals surface area (Å²) in [7, 11) is 1.79. The highest BCUT2D eigenvalue weighted by molar-refractivity contribution is 5.36. The number of nitrogens with two attached hydrogens (primary N) is 1. The van der Waals surface area contributed by atoms with Gasteiger partial charge in [-0.2, -0.15) is 0 Å². The van der Waals surface area contributed by atoms with Crippen LogP contribution < -0.4 is 5.73 Å². The lowest BCUT2D eigenvalue weighted by molar-refractivity contribution is 0.191. The lowest BCUT2D eigenvalue weighted by atomic mass is 9.79. The fraction of sp³-hybridized carbons (Fsp3) is 0.727. The van der Waals surface area contributed by atoms with Crippen molar-refractivity contribution in [2.24, 2.45) is 11.7 Å². The number of aryl methyl sites for hydroxylation is 1. The maximum absolute atomic E-state index is 9.50. The average Bonchev–Trinajstić information content (AvgIpc) is 3.04. The number of ether oxygens (including phenoxy) is 1. The van der Waals surface area contributed by atoms with E-state index in [1.54, 1.807) is 18.2 Å². The molecule has 3 heteroatoms. The van der Waals surface area contributed by atoms with E-state index in [4.69, 9.17) is 10.5 Å². The van der Waals surface area contributed by atoms with Crippen LogP contribution in [0.15, 0.2) is 18.2 Å². The van der Waals surface area contributed by atoms with Crippen molar-refractivity contribution in [3.8, 4) is 0 Å². The van der Waals surface area contributed by atoms with Gasteiger partial charge in [0.15, 0.2) is 0 Å². The summed E-state index contributed by atoms with van der Waals surface area (Å²) < 4.78 is 5.13. The minimum Gasteiger partial charge on any atom is -0.394 e. The van der Waals surface area contributed by atoms with E-state index in [0.29, 0.717) is 5.92 Å². The second-order valence-electron chi connectivity index (χ2n) is 8.44. The van der Waals surface area contributed by atoms with Crippen LogP contribution in [0, 0.1) is 5.92 Å². The third-order valence-electron chi connectivity index (χ3n) is 6.45. The Balaban J connectivity index is 1.53. The Morgan fingerprint density at radius 1 is 1.20 bits per heavy atom. The van der Waals surface area contributed by atoms with Gasteiger partial charge in [0.05, 0.1) is 6.61 Å². The van der Waals surface area contributed by atoms with Crippen LogP contribution in [0.3, 0.4) is 0 Å². The van der Waals surface area contributed by atoms with Crippen LogP contribution in [0.1, 0.15) is 74.0 Å². The number of hydrogen-bond donors (Lipinski definition) is 2. The van der Waals surface area contributed by atoms with Crippen molar-refractivity contribution in [2.45, 2.75) is 75.7 Å². The monoisotopic (exact) mass is 345 g/mol. The Morgan fingerprint density at radius 3 is 2.84 bits per heavy atom. The van der Waals surface area contributed by atoms with Gasteiger partial charge < -0.3 is 15.6 Å². The summed E-state index contributed by atoms with van der Waals surface area (Å²) >= 11 is 0. The van der Waals surface area contributed by atoms with E-state index in [0.717, 1.165) is 31.8 Å². The lowest BCUT2D eigenvalue weighted by Crippen LogP contribution is -2.40. The molecular formula is C22H35NO2. The average molecular weight is 346 g/mol. The minimum atomic E-state index is -0.353. The Morgan fingerprint density at radius 2 is 2.08 bits per heavy atom. The van der Waals surface area contributed by atoms with Gasteiger partial charge in [0.1, 0.15) is 0 Å². The van der Waals surface area contributed by atoms with Crippen molar-refractivity contribution in [1.29, 1.82) is 0 Å². The summed E-state index contributed by atoms with van der Waals surface area (Å²) in [4.78, 5) is 0. The van der Waals surface area contributed by atoms with Gasteiger partial charge in [-0.3, -0.25) is 0 Å². The molecule has 0 heterocycles. The molecule has 140 valence electrons. The Labute approximate surface area is 153 Å². The Hall–Kier alpha value is -0.900. The van der Waals surface area contributed by atoms with Crippen LogP contribution in [0.25, 0.3) is 0 Å². The molecule has 3 atom stereocenters. The first kappa shape index (κ1) is 18.9. The van der Waals surface area contributed by atoms with Crippen LogP contribution in [0.4, 0.5) is 0 Å². The van der Waals surface area contributed by atoms with Gasteiger partial charge in [-0.25, -0.2) is 0 Å². The maximum Gasteiger partial charge on any atom is 0.0611 e. The summed E-state index contributed by atoms with van der Waals surface area (Å²) in [6.07, 6.45) is 12.0. The number of hydrogen-bond acceptors (Lipinski definition) is 3. The molecular weight excluding hydrogens is 310 g/mol. The first-order valence-electron chi connectivity index (χ1n) is 10.1. The van der Waals surface area contributed by atoms with E-state index in [9.17, 15) is 5.11 Å². The van der Waals surface area contributed by atoms with Gasteiger partial charge in [-0.15, -0.1) is 0 Å². The van der Waals surface area contributed by atoms with Gasteiger partial charge in [0, 0.05) is 19.3 Å². The second kappa shape index (κ2) is 8.66. The Bertz CT molecular complexity index is 559. The molecule has 2 aliphatic rings. The summed E-state index contributed by atoms with van der Waals surface area (Å²) in [5, 5.41) is 9.50. The maximum atomic E-state index is 9.50. The molecule has 0 radical (unpaired) electrons. The SMILES string of the molecule is COCCCCC[C@H]1CCc2cc([C@@H]3CC[C@@](N)(CO)C3)ccc2C1. The fourth-order valence-electron chi connectivity index (χ4n) is 4.79. The van der Waals surface area contributed by atoms with Crippen molar-refractivity contribution in [2.75, 3.05) is 20.3 Å². The normalized spacial score (nSPS) is 28.9. The van der Waals surface area contributed by atoms with Crippen LogP contribution in [-0.2, 0) is 17.6 Å². The summed E-state index contributed by atoms with van der Waals surface area (Å²) in [5.74, 6) is 1.39. The predicted molar refractivity (Wildman–Crippen MR) is 103 cm³/mol. The molecule has 2 aliphatic carbocycles. The number of benzene rings is 1. The first-order chi connectivity index (χ1) is 12.1. The molecule has 1 fully saturated rings. The molecule has 3 N–H and O–H groups in total.